The van der Waals surface area contributed by atoms with Crippen molar-refractivity contribution in [3.8, 4) is 0 Å². The summed E-state index contributed by atoms with van der Waals surface area (Å²) >= 11 is 3.49. The van der Waals surface area contributed by atoms with Crippen LogP contribution in [0.3, 0.4) is 0 Å². The number of rotatable bonds is 6. The third-order valence-electron chi connectivity index (χ3n) is 5.87. The molecule has 0 saturated carbocycles. The van der Waals surface area contributed by atoms with Crippen molar-refractivity contribution in [3.05, 3.63) is 51.4 Å². The fourth-order valence-electron chi connectivity index (χ4n) is 4.35. The van der Waals surface area contributed by atoms with Crippen LogP contribution in [0.15, 0.2) is 45.8 Å². The first-order chi connectivity index (χ1) is 15.0. The minimum atomic E-state index is -0.238. The zero-order valence-corrected chi connectivity index (χ0v) is 19.1. The van der Waals surface area contributed by atoms with E-state index in [0.717, 1.165) is 28.3 Å². The normalized spacial score (nSPS) is 16.7. The second-order valence-corrected chi connectivity index (χ2v) is 8.80. The second-order valence-electron chi connectivity index (χ2n) is 7.89. The summed E-state index contributed by atoms with van der Waals surface area (Å²) in [7, 11) is 0. The molecule has 3 heterocycles. The molecule has 1 atom stereocenters. The average molecular weight is 488 g/mol. The van der Waals surface area contributed by atoms with Crippen LogP contribution in [0.4, 0.5) is 0 Å². The maximum atomic E-state index is 13.1. The van der Waals surface area contributed by atoms with Gasteiger partial charge in [-0.2, -0.15) is 0 Å². The summed E-state index contributed by atoms with van der Waals surface area (Å²) in [6.45, 7) is 3.69. The first-order valence-corrected chi connectivity index (χ1v) is 11.5. The Labute approximate surface area is 188 Å². The Kier molecular flexibility index (Phi) is 6.46. The van der Waals surface area contributed by atoms with Crippen molar-refractivity contribution >= 4 is 44.4 Å². The third-order valence-corrected chi connectivity index (χ3v) is 6.36. The van der Waals surface area contributed by atoms with E-state index in [1.807, 2.05) is 40.9 Å². The van der Waals surface area contributed by atoms with Crippen LogP contribution in [0.2, 0.25) is 0 Å². The number of ether oxygens (including phenoxy) is 1. The molecule has 8 heteroatoms. The SMILES string of the molecule is CCOC(=O)C1CCCN(C(=O)CCCn2c(=O)c3cccn3c3ccc(Br)cc32)C1. The molecule has 1 fully saturated rings. The number of fused-ring (bicyclic) bond motifs is 3. The van der Waals surface area contributed by atoms with Crippen LogP contribution < -0.4 is 5.56 Å². The summed E-state index contributed by atoms with van der Waals surface area (Å²) in [5.74, 6) is -0.432. The first kappa shape index (κ1) is 21.6. The van der Waals surface area contributed by atoms with E-state index in [1.165, 1.54) is 0 Å². The molecule has 7 nitrogen and oxygen atoms in total. The molecule has 164 valence electrons. The highest BCUT2D eigenvalue weighted by Gasteiger charge is 2.29. The van der Waals surface area contributed by atoms with Crippen molar-refractivity contribution in [2.24, 2.45) is 5.92 Å². The number of nitrogens with zero attached hydrogens (tertiary/aromatic N) is 3. The number of benzene rings is 1. The number of hydrogen-bond acceptors (Lipinski definition) is 4. The highest BCUT2D eigenvalue weighted by atomic mass is 79.9. The molecular formula is C23H26BrN3O4. The molecule has 4 rings (SSSR count). The van der Waals surface area contributed by atoms with Gasteiger partial charge in [-0.1, -0.05) is 15.9 Å². The number of esters is 1. The summed E-state index contributed by atoms with van der Waals surface area (Å²) in [5.41, 5.74) is 2.33. The Hall–Kier alpha value is -2.61. The lowest BCUT2D eigenvalue weighted by Crippen LogP contribution is -2.42. The van der Waals surface area contributed by atoms with Gasteiger partial charge in [0, 0.05) is 36.7 Å². The molecule has 1 aromatic carbocycles. The molecule has 2 aromatic heterocycles. The van der Waals surface area contributed by atoms with E-state index in [1.54, 1.807) is 16.4 Å². The average Bonchev–Trinajstić information content (AvgIpc) is 3.26. The van der Waals surface area contributed by atoms with Crippen molar-refractivity contribution in [2.75, 3.05) is 19.7 Å². The molecule has 0 N–H and O–H groups in total. The van der Waals surface area contributed by atoms with E-state index in [4.69, 9.17) is 4.74 Å². The summed E-state index contributed by atoms with van der Waals surface area (Å²) in [6.07, 6.45) is 4.34. The lowest BCUT2D eigenvalue weighted by molar-refractivity contribution is -0.151. The fourth-order valence-corrected chi connectivity index (χ4v) is 4.70. The molecule has 1 saturated heterocycles. The molecule has 1 aliphatic heterocycles. The quantitative estimate of drug-likeness (QED) is 0.498. The standard InChI is InChI=1S/C23H26BrN3O4/c1-2-31-23(30)16-6-3-11-25(15-16)21(28)8-5-13-27-20-14-17(24)9-10-18(20)26-12-4-7-19(26)22(27)29/h4,7,9-10,12,14,16H,2-3,5-6,8,11,13,15H2,1H3. The third kappa shape index (κ3) is 4.39. The molecule has 1 aliphatic rings. The Bertz CT molecular complexity index is 1180. The maximum absolute atomic E-state index is 13.1. The van der Waals surface area contributed by atoms with Gasteiger partial charge in [0.15, 0.2) is 0 Å². The van der Waals surface area contributed by atoms with Crippen molar-refractivity contribution in [1.29, 1.82) is 0 Å². The zero-order valence-electron chi connectivity index (χ0n) is 17.6. The van der Waals surface area contributed by atoms with Gasteiger partial charge in [-0.3, -0.25) is 14.4 Å². The van der Waals surface area contributed by atoms with Crippen LogP contribution in [0.25, 0.3) is 16.6 Å². The number of likely N-dealkylation sites (tertiary alicyclic amines) is 1. The Morgan fingerprint density at radius 1 is 1.19 bits per heavy atom. The molecule has 3 aromatic rings. The minimum Gasteiger partial charge on any atom is -0.466 e. The molecule has 0 bridgehead atoms. The highest BCUT2D eigenvalue weighted by molar-refractivity contribution is 9.10. The smallest absolute Gasteiger partial charge is 0.310 e. The predicted octanol–water partition coefficient (Wildman–Crippen LogP) is 3.60. The van der Waals surface area contributed by atoms with Crippen molar-refractivity contribution in [2.45, 2.75) is 39.2 Å². The van der Waals surface area contributed by atoms with Gasteiger partial charge in [0.25, 0.3) is 5.56 Å². The van der Waals surface area contributed by atoms with Crippen molar-refractivity contribution in [3.63, 3.8) is 0 Å². The molecule has 0 radical (unpaired) electrons. The molecule has 1 unspecified atom stereocenters. The summed E-state index contributed by atoms with van der Waals surface area (Å²) < 4.78 is 9.67. The topological polar surface area (TPSA) is 73.0 Å². The number of aryl methyl sites for hydroxylation is 1. The van der Waals surface area contributed by atoms with Gasteiger partial charge < -0.3 is 18.6 Å². The summed E-state index contributed by atoms with van der Waals surface area (Å²) in [5, 5.41) is 0. The van der Waals surface area contributed by atoms with E-state index in [9.17, 15) is 14.4 Å². The Morgan fingerprint density at radius 3 is 2.84 bits per heavy atom. The van der Waals surface area contributed by atoms with Crippen LogP contribution >= 0.6 is 15.9 Å². The molecule has 1 amide bonds. The molecule has 0 spiro atoms. The lowest BCUT2D eigenvalue weighted by Gasteiger charge is -2.31. The van der Waals surface area contributed by atoms with E-state index >= 15 is 0 Å². The van der Waals surface area contributed by atoms with Gasteiger partial charge in [0.1, 0.15) is 5.52 Å². The fraction of sp³-hybridized carbons (Fsp3) is 0.435. The number of halogens is 1. The minimum absolute atomic E-state index is 0.0243. The maximum Gasteiger partial charge on any atom is 0.310 e. The number of amides is 1. The number of carbonyl (C=O) groups is 2. The monoisotopic (exact) mass is 487 g/mol. The van der Waals surface area contributed by atoms with Crippen LogP contribution in [0.5, 0.6) is 0 Å². The Balaban J connectivity index is 1.47. The summed E-state index contributed by atoms with van der Waals surface area (Å²) in [4.78, 5) is 39.6. The van der Waals surface area contributed by atoms with Crippen LogP contribution in [-0.4, -0.2) is 45.4 Å². The zero-order chi connectivity index (χ0) is 22.0. The molecule has 0 aliphatic carbocycles. The van der Waals surface area contributed by atoms with Gasteiger partial charge >= 0.3 is 5.97 Å². The Morgan fingerprint density at radius 2 is 2.03 bits per heavy atom. The van der Waals surface area contributed by atoms with E-state index in [2.05, 4.69) is 15.9 Å². The van der Waals surface area contributed by atoms with Crippen molar-refractivity contribution in [1.82, 2.24) is 13.9 Å². The lowest BCUT2D eigenvalue weighted by atomic mass is 9.98. The highest BCUT2D eigenvalue weighted by Crippen LogP contribution is 2.22. The van der Waals surface area contributed by atoms with Gasteiger partial charge in [-0.05, 0) is 56.5 Å². The van der Waals surface area contributed by atoms with E-state index in [0.29, 0.717) is 44.6 Å². The predicted molar refractivity (Wildman–Crippen MR) is 122 cm³/mol. The number of hydrogen-bond donors (Lipinski definition) is 0. The molecule has 31 heavy (non-hydrogen) atoms. The van der Waals surface area contributed by atoms with Crippen LogP contribution in [0, 0.1) is 5.92 Å². The first-order valence-electron chi connectivity index (χ1n) is 10.7. The van der Waals surface area contributed by atoms with Gasteiger partial charge in [-0.25, -0.2) is 0 Å². The number of carbonyl (C=O) groups excluding carboxylic acids is 2. The number of piperidine rings is 1. The van der Waals surface area contributed by atoms with E-state index in [-0.39, 0.29) is 23.4 Å². The van der Waals surface area contributed by atoms with Crippen LogP contribution in [-0.2, 0) is 20.9 Å². The van der Waals surface area contributed by atoms with E-state index < -0.39 is 0 Å². The summed E-state index contributed by atoms with van der Waals surface area (Å²) in [6, 6.07) is 9.55. The van der Waals surface area contributed by atoms with Gasteiger partial charge in [0.05, 0.1) is 23.6 Å². The second kappa shape index (κ2) is 9.26. The van der Waals surface area contributed by atoms with Crippen molar-refractivity contribution < 1.29 is 14.3 Å². The van der Waals surface area contributed by atoms with Gasteiger partial charge in [-0.15, -0.1) is 0 Å². The van der Waals surface area contributed by atoms with Gasteiger partial charge in [0.2, 0.25) is 5.91 Å². The number of aromatic nitrogens is 2. The van der Waals surface area contributed by atoms with Crippen LogP contribution in [0.1, 0.15) is 32.6 Å². The molecular weight excluding hydrogens is 462 g/mol. The largest absolute Gasteiger partial charge is 0.466 e.